The van der Waals surface area contributed by atoms with Crippen LogP contribution in [0, 0.1) is 10.1 Å². The largest absolute Gasteiger partial charge is 0.497 e. The SMILES string of the molecule is CCn1c(SCC(=O)Nc2ccc([N+](=O)[O-])cc2)nnc1C(C)Oc1ccc(OC)cc1. The summed E-state index contributed by atoms with van der Waals surface area (Å²) in [5.41, 5.74) is 0.451. The Hall–Kier alpha value is -3.60. The van der Waals surface area contributed by atoms with E-state index in [4.69, 9.17) is 9.47 Å². The maximum Gasteiger partial charge on any atom is 0.269 e. The molecule has 3 aromatic rings. The molecular formula is C21H23N5O5S. The standard InChI is InChI=1S/C21H23N5O5S/c1-4-25-20(14(2)31-18-11-9-17(30-3)10-12-18)23-24-21(25)32-13-19(27)22-15-5-7-16(8-6-15)26(28)29/h5-12,14H,4,13H2,1-3H3,(H,22,27). The van der Waals surface area contributed by atoms with Gasteiger partial charge in [0.1, 0.15) is 11.5 Å². The summed E-state index contributed by atoms with van der Waals surface area (Å²) in [5, 5.41) is 22.5. The molecule has 1 heterocycles. The Morgan fingerprint density at radius 1 is 1.16 bits per heavy atom. The molecule has 11 heteroatoms. The number of anilines is 1. The summed E-state index contributed by atoms with van der Waals surface area (Å²) >= 11 is 1.25. The zero-order valence-electron chi connectivity index (χ0n) is 17.8. The lowest BCUT2D eigenvalue weighted by atomic mass is 10.3. The summed E-state index contributed by atoms with van der Waals surface area (Å²) in [5.74, 6) is 1.94. The second-order valence-corrected chi connectivity index (χ2v) is 7.60. The normalized spacial score (nSPS) is 11.6. The molecular weight excluding hydrogens is 434 g/mol. The zero-order valence-corrected chi connectivity index (χ0v) is 18.7. The number of amides is 1. The van der Waals surface area contributed by atoms with Crippen LogP contribution in [0.3, 0.4) is 0 Å². The van der Waals surface area contributed by atoms with Gasteiger partial charge in [-0.25, -0.2) is 0 Å². The lowest BCUT2D eigenvalue weighted by Crippen LogP contribution is -2.15. The van der Waals surface area contributed by atoms with E-state index in [1.54, 1.807) is 7.11 Å². The van der Waals surface area contributed by atoms with Crippen LogP contribution in [0.2, 0.25) is 0 Å². The van der Waals surface area contributed by atoms with E-state index in [1.807, 2.05) is 42.7 Å². The predicted molar refractivity (Wildman–Crippen MR) is 120 cm³/mol. The van der Waals surface area contributed by atoms with Gasteiger partial charge < -0.3 is 19.4 Å². The van der Waals surface area contributed by atoms with E-state index < -0.39 is 4.92 Å². The van der Waals surface area contributed by atoms with Crippen LogP contribution in [0.4, 0.5) is 11.4 Å². The Morgan fingerprint density at radius 3 is 2.41 bits per heavy atom. The molecule has 0 aliphatic carbocycles. The molecule has 1 atom stereocenters. The molecule has 0 saturated heterocycles. The number of rotatable bonds is 10. The Balaban J connectivity index is 1.59. The van der Waals surface area contributed by atoms with Crippen LogP contribution >= 0.6 is 11.8 Å². The van der Waals surface area contributed by atoms with Gasteiger partial charge in [-0.05, 0) is 50.2 Å². The second-order valence-electron chi connectivity index (χ2n) is 6.66. The van der Waals surface area contributed by atoms with Crippen LogP contribution in [0.15, 0.2) is 53.7 Å². The number of thioether (sulfide) groups is 1. The molecule has 32 heavy (non-hydrogen) atoms. The lowest BCUT2D eigenvalue weighted by Gasteiger charge is -2.15. The number of ether oxygens (including phenoxy) is 2. The van der Waals surface area contributed by atoms with Crippen LogP contribution in [0.5, 0.6) is 11.5 Å². The van der Waals surface area contributed by atoms with E-state index in [1.165, 1.54) is 36.0 Å². The molecule has 0 spiro atoms. The number of nitrogens with zero attached hydrogens (tertiary/aromatic N) is 4. The Morgan fingerprint density at radius 2 is 1.81 bits per heavy atom. The molecule has 0 radical (unpaired) electrons. The molecule has 10 nitrogen and oxygen atoms in total. The summed E-state index contributed by atoms with van der Waals surface area (Å²) in [6.07, 6.45) is -0.348. The molecule has 0 bridgehead atoms. The number of carbonyl (C=O) groups is 1. The minimum Gasteiger partial charge on any atom is -0.497 e. The minimum absolute atomic E-state index is 0.0353. The van der Waals surface area contributed by atoms with Crippen molar-refractivity contribution in [2.24, 2.45) is 0 Å². The van der Waals surface area contributed by atoms with Gasteiger partial charge in [0.2, 0.25) is 5.91 Å². The average Bonchev–Trinajstić information content (AvgIpc) is 3.21. The van der Waals surface area contributed by atoms with Crippen molar-refractivity contribution in [2.75, 3.05) is 18.2 Å². The van der Waals surface area contributed by atoms with Crippen molar-refractivity contribution in [3.8, 4) is 11.5 Å². The third kappa shape index (κ3) is 5.76. The molecule has 1 unspecified atom stereocenters. The van der Waals surface area contributed by atoms with Crippen LogP contribution in [-0.2, 0) is 11.3 Å². The van der Waals surface area contributed by atoms with Crippen LogP contribution in [0.25, 0.3) is 0 Å². The Kier molecular flexibility index (Phi) is 7.66. The van der Waals surface area contributed by atoms with Crippen molar-refractivity contribution in [1.82, 2.24) is 14.8 Å². The molecule has 3 rings (SSSR count). The van der Waals surface area contributed by atoms with E-state index in [0.717, 1.165) is 5.75 Å². The molecule has 1 N–H and O–H groups in total. The maximum absolute atomic E-state index is 12.3. The van der Waals surface area contributed by atoms with Gasteiger partial charge in [0.15, 0.2) is 17.1 Å². The highest BCUT2D eigenvalue weighted by Crippen LogP contribution is 2.26. The Bertz CT molecular complexity index is 1070. The van der Waals surface area contributed by atoms with Crippen LogP contribution < -0.4 is 14.8 Å². The van der Waals surface area contributed by atoms with Gasteiger partial charge in [-0.15, -0.1) is 10.2 Å². The summed E-state index contributed by atoms with van der Waals surface area (Å²) < 4.78 is 13.0. The van der Waals surface area contributed by atoms with Crippen molar-refractivity contribution < 1.29 is 19.2 Å². The van der Waals surface area contributed by atoms with E-state index in [2.05, 4.69) is 15.5 Å². The zero-order chi connectivity index (χ0) is 23.1. The lowest BCUT2D eigenvalue weighted by molar-refractivity contribution is -0.384. The topological polar surface area (TPSA) is 121 Å². The fourth-order valence-electron chi connectivity index (χ4n) is 2.91. The summed E-state index contributed by atoms with van der Waals surface area (Å²) in [7, 11) is 1.60. The fourth-order valence-corrected chi connectivity index (χ4v) is 3.72. The molecule has 0 fully saturated rings. The van der Waals surface area contributed by atoms with E-state index in [-0.39, 0.29) is 23.5 Å². The maximum atomic E-state index is 12.3. The molecule has 2 aromatic carbocycles. The van der Waals surface area contributed by atoms with Crippen molar-refractivity contribution in [1.29, 1.82) is 0 Å². The number of hydrogen-bond donors (Lipinski definition) is 1. The number of benzene rings is 2. The molecule has 168 valence electrons. The van der Waals surface area contributed by atoms with E-state index in [9.17, 15) is 14.9 Å². The second kappa shape index (κ2) is 10.6. The summed E-state index contributed by atoms with van der Waals surface area (Å²) in [4.78, 5) is 22.5. The van der Waals surface area contributed by atoms with E-state index in [0.29, 0.717) is 29.0 Å². The average molecular weight is 458 g/mol. The third-order valence-electron chi connectivity index (χ3n) is 4.49. The van der Waals surface area contributed by atoms with Gasteiger partial charge in [-0.1, -0.05) is 11.8 Å². The number of nitro groups is 1. The number of methoxy groups -OCH3 is 1. The molecule has 0 aliphatic rings. The van der Waals surface area contributed by atoms with Crippen LogP contribution in [-0.4, -0.2) is 38.5 Å². The third-order valence-corrected chi connectivity index (χ3v) is 5.46. The number of non-ortho nitro benzene ring substituents is 1. The number of hydrogen-bond acceptors (Lipinski definition) is 8. The van der Waals surface area contributed by atoms with Crippen molar-refractivity contribution in [3.63, 3.8) is 0 Å². The molecule has 0 aliphatic heterocycles. The van der Waals surface area contributed by atoms with Gasteiger partial charge in [-0.3, -0.25) is 14.9 Å². The van der Waals surface area contributed by atoms with E-state index >= 15 is 0 Å². The minimum atomic E-state index is -0.490. The first kappa shape index (κ1) is 23.1. The summed E-state index contributed by atoms with van der Waals surface area (Å²) in [6.45, 7) is 4.47. The van der Waals surface area contributed by atoms with Crippen molar-refractivity contribution in [3.05, 3.63) is 64.5 Å². The number of aromatic nitrogens is 3. The molecule has 1 aromatic heterocycles. The van der Waals surface area contributed by atoms with Gasteiger partial charge in [0, 0.05) is 24.4 Å². The Labute approximate surface area is 189 Å². The number of nitrogens with one attached hydrogen (secondary N) is 1. The first-order valence-corrected chi connectivity index (χ1v) is 10.8. The van der Waals surface area contributed by atoms with Crippen LogP contribution in [0.1, 0.15) is 25.8 Å². The highest BCUT2D eigenvalue weighted by Gasteiger charge is 2.19. The monoisotopic (exact) mass is 457 g/mol. The molecule has 1 amide bonds. The quantitative estimate of drug-likeness (QED) is 0.274. The van der Waals surface area contributed by atoms with Gasteiger partial charge >= 0.3 is 0 Å². The smallest absolute Gasteiger partial charge is 0.269 e. The van der Waals surface area contributed by atoms with Crippen molar-refractivity contribution >= 4 is 29.0 Å². The first-order chi connectivity index (χ1) is 15.4. The predicted octanol–water partition coefficient (Wildman–Crippen LogP) is 4.09. The fraction of sp³-hybridized carbons (Fsp3) is 0.286. The highest BCUT2D eigenvalue weighted by atomic mass is 32.2. The number of nitro benzene ring substituents is 1. The number of carbonyl (C=O) groups excluding carboxylic acids is 1. The molecule has 0 saturated carbocycles. The van der Waals surface area contributed by atoms with Gasteiger partial charge in [0.05, 0.1) is 17.8 Å². The first-order valence-electron chi connectivity index (χ1n) is 9.82. The van der Waals surface area contributed by atoms with Gasteiger partial charge in [0.25, 0.3) is 5.69 Å². The highest BCUT2D eigenvalue weighted by molar-refractivity contribution is 7.99. The van der Waals surface area contributed by atoms with Crippen molar-refractivity contribution in [2.45, 2.75) is 31.7 Å². The summed E-state index contributed by atoms with van der Waals surface area (Å²) in [6, 6.07) is 12.9. The van der Waals surface area contributed by atoms with Gasteiger partial charge in [-0.2, -0.15) is 0 Å².